The lowest BCUT2D eigenvalue weighted by Crippen LogP contribution is -2.50. The van der Waals surface area contributed by atoms with E-state index in [1.165, 1.54) is 30.1 Å². The molecule has 0 aliphatic carbocycles. The lowest BCUT2D eigenvalue weighted by Gasteiger charge is -2.32. The van der Waals surface area contributed by atoms with Crippen molar-refractivity contribution in [1.29, 1.82) is 0 Å². The number of para-hydroxylation sites is 1. The number of halogens is 2. The van der Waals surface area contributed by atoms with Crippen molar-refractivity contribution in [1.82, 2.24) is 10.2 Å². The topological polar surface area (TPSA) is 86.8 Å². The van der Waals surface area contributed by atoms with Gasteiger partial charge in [-0.25, -0.2) is 8.42 Å². The molecule has 10 heteroatoms. The largest absolute Gasteiger partial charge is 0.357 e. The van der Waals surface area contributed by atoms with Gasteiger partial charge in [0.2, 0.25) is 11.8 Å². The first-order valence-corrected chi connectivity index (χ1v) is 12.9. The van der Waals surface area contributed by atoms with Crippen LogP contribution in [0.3, 0.4) is 0 Å². The van der Waals surface area contributed by atoms with Crippen molar-refractivity contribution in [3.63, 3.8) is 0 Å². The zero-order valence-electron chi connectivity index (χ0n) is 19.2. The molecule has 7 nitrogen and oxygen atoms in total. The van der Waals surface area contributed by atoms with E-state index in [9.17, 15) is 18.0 Å². The fourth-order valence-corrected chi connectivity index (χ4v) is 5.47. The molecule has 0 aromatic heterocycles. The second-order valence-electron chi connectivity index (χ2n) is 7.72. The molecule has 0 saturated carbocycles. The lowest BCUT2D eigenvalue weighted by molar-refractivity contribution is -0.139. The molecular formula is C25H25Cl2N3O4S. The summed E-state index contributed by atoms with van der Waals surface area (Å²) in [7, 11) is -2.69. The number of carbonyl (C=O) groups is 2. The van der Waals surface area contributed by atoms with Gasteiger partial charge in [-0.15, -0.1) is 0 Å². The number of hydrogen-bond donors (Lipinski definition) is 1. The smallest absolute Gasteiger partial charge is 0.264 e. The molecule has 1 atom stereocenters. The molecule has 0 spiro atoms. The van der Waals surface area contributed by atoms with Crippen molar-refractivity contribution in [3.8, 4) is 0 Å². The van der Waals surface area contributed by atoms with Crippen LogP contribution < -0.4 is 9.62 Å². The van der Waals surface area contributed by atoms with Gasteiger partial charge >= 0.3 is 0 Å². The molecular weight excluding hydrogens is 509 g/mol. The highest BCUT2D eigenvalue weighted by molar-refractivity contribution is 7.92. The average Bonchev–Trinajstić information content (AvgIpc) is 2.85. The molecule has 0 radical (unpaired) electrons. The number of nitrogens with zero attached hydrogens (tertiary/aromatic N) is 2. The van der Waals surface area contributed by atoms with Gasteiger partial charge < -0.3 is 10.2 Å². The minimum absolute atomic E-state index is 0.00783. The maximum Gasteiger partial charge on any atom is 0.264 e. The number of sulfonamides is 1. The standard InChI is InChI=1S/C25H25Cl2N3O4S/c1-18(25(32)28-2)29(16-19-9-8-10-20(26)15-19)24(31)17-30(23-14-7-6-13-22(23)27)35(33,34)21-11-4-3-5-12-21/h3-15,18H,16-17H2,1-2H3,(H,28,32)/t18-/m1/s1. The molecule has 3 aromatic carbocycles. The van der Waals surface area contributed by atoms with Crippen LogP contribution in [0.2, 0.25) is 10.0 Å². The Morgan fingerprint density at radius 2 is 1.60 bits per heavy atom. The van der Waals surface area contributed by atoms with Gasteiger partial charge in [0.05, 0.1) is 15.6 Å². The van der Waals surface area contributed by atoms with Crippen molar-refractivity contribution >= 4 is 50.7 Å². The lowest BCUT2D eigenvalue weighted by atomic mass is 10.1. The van der Waals surface area contributed by atoms with E-state index >= 15 is 0 Å². The third-order valence-electron chi connectivity index (χ3n) is 5.39. The molecule has 0 fully saturated rings. The molecule has 0 aliphatic heterocycles. The van der Waals surface area contributed by atoms with E-state index in [2.05, 4.69) is 5.32 Å². The minimum Gasteiger partial charge on any atom is -0.357 e. The summed E-state index contributed by atoms with van der Waals surface area (Å²) in [6.07, 6.45) is 0. The molecule has 0 heterocycles. The summed E-state index contributed by atoms with van der Waals surface area (Å²) < 4.78 is 28.2. The Kier molecular flexibility index (Phi) is 8.77. The van der Waals surface area contributed by atoms with Gasteiger partial charge in [0.1, 0.15) is 12.6 Å². The van der Waals surface area contributed by atoms with E-state index in [4.69, 9.17) is 23.2 Å². The zero-order valence-corrected chi connectivity index (χ0v) is 21.5. The van der Waals surface area contributed by atoms with Crippen LogP contribution in [-0.4, -0.2) is 44.8 Å². The van der Waals surface area contributed by atoms with Crippen LogP contribution in [0.1, 0.15) is 12.5 Å². The van der Waals surface area contributed by atoms with Crippen molar-refractivity contribution in [2.24, 2.45) is 0 Å². The van der Waals surface area contributed by atoms with E-state index in [1.54, 1.807) is 67.6 Å². The number of carbonyl (C=O) groups excluding carboxylic acids is 2. The van der Waals surface area contributed by atoms with Crippen molar-refractivity contribution < 1.29 is 18.0 Å². The summed E-state index contributed by atoms with van der Waals surface area (Å²) in [5, 5.41) is 3.18. The molecule has 1 N–H and O–H groups in total. The molecule has 0 unspecified atom stereocenters. The number of benzene rings is 3. The van der Waals surface area contributed by atoms with Crippen LogP contribution in [0, 0.1) is 0 Å². The minimum atomic E-state index is -4.16. The molecule has 0 bridgehead atoms. The van der Waals surface area contributed by atoms with Crippen LogP contribution >= 0.6 is 23.2 Å². The van der Waals surface area contributed by atoms with Crippen LogP contribution in [0.5, 0.6) is 0 Å². The SMILES string of the molecule is CNC(=O)[C@@H](C)N(Cc1cccc(Cl)c1)C(=O)CN(c1ccccc1Cl)S(=O)(=O)c1ccccc1. The normalized spacial score (nSPS) is 12.0. The second kappa shape index (κ2) is 11.6. The summed E-state index contributed by atoms with van der Waals surface area (Å²) in [5.41, 5.74) is 0.846. The molecule has 2 amide bonds. The highest BCUT2D eigenvalue weighted by Gasteiger charge is 2.33. The van der Waals surface area contributed by atoms with Crippen LogP contribution in [0.4, 0.5) is 5.69 Å². The average molecular weight is 534 g/mol. The summed E-state index contributed by atoms with van der Waals surface area (Å²) in [4.78, 5) is 27.4. The third-order valence-corrected chi connectivity index (χ3v) is 7.72. The van der Waals surface area contributed by atoms with Crippen LogP contribution in [-0.2, 0) is 26.2 Å². The Morgan fingerprint density at radius 1 is 0.943 bits per heavy atom. The van der Waals surface area contributed by atoms with Gasteiger partial charge in [-0.3, -0.25) is 13.9 Å². The van der Waals surface area contributed by atoms with E-state index in [0.717, 1.165) is 4.31 Å². The summed E-state index contributed by atoms with van der Waals surface area (Å²) in [6.45, 7) is 1.06. The van der Waals surface area contributed by atoms with Crippen LogP contribution in [0.15, 0.2) is 83.8 Å². The Hall–Kier alpha value is -3.07. The van der Waals surface area contributed by atoms with Gasteiger partial charge in [-0.2, -0.15) is 0 Å². The summed E-state index contributed by atoms with van der Waals surface area (Å²) >= 11 is 12.5. The maximum absolute atomic E-state index is 13.6. The third kappa shape index (κ3) is 6.33. The van der Waals surface area contributed by atoms with Gasteiger partial charge in [-0.05, 0) is 48.9 Å². The monoisotopic (exact) mass is 533 g/mol. The first kappa shape index (κ1) is 26.5. The summed E-state index contributed by atoms with van der Waals surface area (Å²) in [5.74, 6) is -0.976. The Bertz CT molecular complexity index is 1300. The fourth-order valence-electron chi connectivity index (χ4n) is 3.51. The van der Waals surface area contributed by atoms with Crippen molar-refractivity contribution in [3.05, 3.63) is 94.5 Å². The van der Waals surface area contributed by atoms with Gasteiger partial charge in [0.15, 0.2) is 0 Å². The first-order chi connectivity index (χ1) is 16.6. The Morgan fingerprint density at radius 3 is 2.23 bits per heavy atom. The first-order valence-electron chi connectivity index (χ1n) is 10.7. The van der Waals surface area contributed by atoms with E-state index in [0.29, 0.717) is 10.6 Å². The molecule has 0 aliphatic rings. The molecule has 0 saturated heterocycles. The number of amides is 2. The van der Waals surface area contributed by atoms with Crippen molar-refractivity contribution in [2.45, 2.75) is 24.4 Å². The molecule has 3 aromatic rings. The van der Waals surface area contributed by atoms with E-state index in [1.807, 2.05) is 0 Å². The second-order valence-corrected chi connectivity index (χ2v) is 10.4. The molecule has 184 valence electrons. The highest BCUT2D eigenvalue weighted by Crippen LogP contribution is 2.30. The highest BCUT2D eigenvalue weighted by atomic mass is 35.5. The fraction of sp³-hybridized carbons (Fsp3) is 0.200. The molecule has 35 heavy (non-hydrogen) atoms. The van der Waals surface area contributed by atoms with E-state index < -0.39 is 34.4 Å². The number of likely N-dealkylation sites (N-methyl/N-ethyl adjacent to an activating group) is 1. The maximum atomic E-state index is 13.6. The number of anilines is 1. The van der Waals surface area contributed by atoms with Gasteiger partial charge in [0.25, 0.3) is 10.0 Å². The predicted octanol–water partition coefficient (Wildman–Crippen LogP) is 4.35. The van der Waals surface area contributed by atoms with Gasteiger partial charge in [-0.1, -0.05) is 65.7 Å². The Labute approximate surface area is 215 Å². The predicted molar refractivity (Wildman–Crippen MR) is 138 cm³/mol. The number of nitrogens with one attached hydrogen (secondary N) is 1. The summed E-state index contributed by atoms with van der Waals surface area (Å²) in [6, 6.07) is 20.2. The van der Waals surface area contributed by atoms with Crippen LogP contribution in [0.25, 0.3) is 0 Å². The zero-order chi connectivity index (χ0) is 25.6. The number of rotatable bonds is 9. The van der Waals surface area contributed by atoms with Crippen molar-refractivity contribution in [2.75, 3.05) is 17.9 Å². The Balaban J connectivity index is 2.04. The number of hydrogen-bond acceptors (Lipinski definition) is 4. The quantitative estimate of drug-likeness (QED) is 0.442. The van der Waals surface area contributed by atoms with E-state index in [-0.39, 0.29) is 22.2 Å². The van der Waals surface area contributed by atoms with Gasteiger partial charge in [0, 0.05) is 18.6 Å². The molecule has 3 rings (SSSR count).